The molecule has 1 radical (unpaired) electrons. The topological polar surface area (TPSA) is 38.8 Å². The lowest BCUT2D eigenvalue weighted by Crippen LogP contribution is -1.97. The third kappa shape index (κ3) is 3.55. The van der Waals surface area contributed by atoms with Crippen molar-refractivity contribution in [3.63, 3.8) is 0 Å². The molecule has 0 atom stereocenters. The van der Waals surface area contributed by atoms with Crippen molar-refractivity contribution >= 4 is 11.4 Å². The Bertz CT molecular complexity index is 438. The molecule has 0 bridgehead atoms. The molecule has 0 saturated carbocycles. The van der Waals surface area contributed by atoms with Crippen LogP contribution >= 0.6 is 0 Å². The van der Waals surface area contributed by atoms with Crippen molar-refractivity contribution in [1.82, 2.24) is 5.43 Å². The van der Waals surface area contributed by atoms with Crippen LogP contribution in [0.25, 0.3) is 0 Å². The highest BCUT2D eigenvalue weighted by Crippen LogP contribution is 2.37. The second-order valence-electron chi connectivity index (χ2n) is 5.27. The van der Waals surface area contributed by atoms with Gasteiger partial charge in [-0.3, -0.25) is 0 Å². The van der Waals surface area contributed by atoms with Gasteiger partial charge in [0.05, 0.1) is 0 Å². The zero-order valence-corrected chi connectivity index (χ0v) is 12.2. The van der Waals surface area contributed by atoms with Gasteiger partial charge >= 0.3 is 0 Å². The third-order valence-electron chi connectivity index (χ3n) is 3.74. The van der Waals surface area contributed by atoms with E-state index in [0.717, 1.165) is 24.2 Å². The highest BCUT2D eigenvalue weighted by atomic mass is 15.5. The lowest BCUT2D eigenvalue weighted by atomic mass is 9.95. The minimum absolute atomic E-state index is 0.950. The van der Waals surface area contributed by atoms with Crippen LogP contribution < -0.4 is 5.43 Å². The van der Waals surface area contributed by atoms with Crippen LogP contribution in [-0.2, 0) is 12.8 Å². The number of hydrogen-bond donors (Lipinski definition) is 0. The van der Waals surface area contributed by atoms with Gasteiger partial charge in [-0.2, -0.15) is 0 Å². The second-order valence-corrected chi connectivity index (χ2v) is 5.27. The van der Waals surface area contributed by atoms with Crippen LogP contribution in [0.3, 0.4) is 0 Å². The SMILES string of the molecule is CCCCCc1ccc2c(c1CCCCC)N=N[N]2. The van der Waals surface area contributed by atoms with Crippen LogP contribution in [0.2, 0.25) is 0 Å². The Balaban J connectivity index is 2.13. The zero-order chi connectivity index (χ0) is 13.5. The van der Waals surface area contributed by atoms with Gasteiger partial charge in [0.2, 0.25) is 0 Å². The number of rotatable bonds is 8. The van der Waals surface area contributed by atoms with Gasteiger partial charge in [0.1, 0.15) is 11.4 Å². The van der Waals surface area contributed by atoms with Crippen molar-refractivity contribution in [1.29, 1.82) is 0 Å². The molecule has 0 amide bonds. The monoisotopic (exact) mass is 258 g/mol. The first-order valence-corrected chi connectivity index (χ1v) is 7.63. The van der Waals surface area contributed by atoms with Gasteiger partial charge in [0.25, 0.3) is 0 Å². The van der Waals surface area contributed by atoms with E-state index in [1.54, 1.807) is 0 Å². The van der Waals surface area contributed by atoms with Gasteiger partial charge < -0.3 is 0 Å². The maximum absolute atomic E-state index is 4.23. The fourth-order valence-corrected chi connectivity index (χ4v) is 2.60. The summed E-state index contributed by atoms with van der Waals surface area (Å²) in [4.78, 5) is 0. The van der Waals surface area contributed by atoms with Crippen molar-refractivity contribution in [2.75, 3.05) is 0 Å². The molecule has 0 fully saturated rings. The predicted molar refractivity (Wildman–Crippen MR) is 79.2 cm³/mol. The molecule has 0 N–H and O–H groups in total. The summed E-state index contributed by atoms with van der Waals surface area (Å²) in [5.41, 5.74) is 8.92. The van der Waals surface area contributed by atoms with Crippen molar-refractivity contribution in [2.24, 2.45) is 10.3 Å². The van der Waals surface area contributed by atoms with Gasteiger partial charge in [0.15, 0.2) is 0 Å². The Morgan fingerprint density at radius 2 is 1.63 bits per heavy atom. The molecule has 0 aromatic heterocycles. The molecule has 3 heteroatoms. The maximum atomic E-state index is 4.23. The number of hydrogen-bond acceptors (Lipinski definition) is 2. The minimum Gasteiger partial charge on any atom is -0.128 e. The highest BCUT2D eigenvalue weighted by Gasteiger charge is 2.17. The quantitative estimate of drug-likeness (QED) is 0.560. The van der Waals surface area contributed by atoms with Crippen molar-refractivity contribution in [2.45, 2.75) is 65.2 Å². The summed E-state index contributed by atoms with van der Waals surface area (Å²) < 4.78 is 0. The Labute approximate surface area is 116 Å². The van der Waals surface area contributed by atoms with Crippen LogP contribution in [0, 0.1) is 0 Å². The normalized spacial score (nSPS) is 12.5. The summed E-state index contributed by atoms with van der Waals surface area (Å²) in [6.07, 6.45) is 9.90. The first-order chi connectivity index (χ1) is 9.36. The number of fused-ring (bicyclic) bond motifs is 1. The van der Waals surface area contributed by atoms with Crippen LogP contribution in [-0.4, -0.2) is 0 Å². The van der Waals surface area contributed by atoms with E-state index in [2.05, 4.69) is 41.7 Å². The fraction of sp³-hybridized carbons (Fsp3) is 0.625. The zero-order valence-electron chi connectivity index (χ0n) is 12.2. The molecule has 0 aliphatic carbocycles. The van der Waals surface area contributed by atoms with Gasteiger partial charge in [-0.25, -0.2) is 0 Å². The van der Waals surface area contributed by atoms with Crippen molar-refractivity contribution in [3.05, 3.63) is 23.3 Å². The summed E-state index contributed by atoms with van der Waals surface area (Å²) in [5.74, 6) is 0. The number of benzene rings is 1. The lowest BCUT2D eigenvalue weighted by molar-refractivity contribution is 0.694. The third-order valence-corrected chi connectivity index (χ3v) is 3.74. The van der Waals surface area contributed by atoms with E-state index < -0.39 is 0 Å². The van der Waals surface area contributed by atoms with Gasteiger partial charge in [-0.15, -0.1) is 10.5 Å². The molecular weight excluding hydrogens is 234 g/mol. The molecule has 1 aromatic carbocycles. The number of unbranched alkanes of at least 4 members (excludes halogenated alkanes) is 4. The van der Waals surface area contributed by atoms with Crippen LogP contribution in [0.5, 0.6) is 0 Å². The molecule has 3 nitrogen and oxygen atoms in total. The average Bonchev–Trinajstić information content (AvgIpc) is 2.89. The van der Waals surface area contributed by atoms with Crippen molar-refractivity contribution in [3.8, 4) is 0 Å². The van der Waals surface area contributed by atoms with Crippen LogP contribution in [0.4, 0.5) is 11.4 Å². The molecule has 1 aliphatic heterocycles. The van der Waals surface area contributed by atoms with Gasteiger partial charge in [-0.1, -0.05) is 45.6 Å². The Morgan fingerprint density at radius 3 is 2.37 bits per heavy atom. The second kappa shape index (κ2) is 7.27. The maximum Gasteiger partial charge on any atom is 0.119 e. The van der Waals surface area contributed by atoms with E-state index in [4.69, 9.17) is 0 Å². The molecule has 0 saturated heterocycles. The Kier molecular flexibility index (Phi) is 5.37. The first-order valence-electron chi connectivity index (χ1n) is 7.63. The summed E-state index contributed by atoms with van der Waals surface area (Å²) in [7, 11) is 0. The molecule has 0 spiro atoms. The summed E-state index contributed by atoms with van der Waals surface area (Å²) in [6, 6.07) is 4.30. The Hall–Kier alpha value is -1.38. The van der Waals surface area contributed by atoms with E-state index >= 15 is 0 Å². The molecule has 2 rings (SSSR count). The summed E-state index contributed by atoms with van der Waals surface area (Å²) >= 11 is 0. The van der Waals surface area contributed by atoms with E-state index in [1.165, 1.54) is 49.7 Å². The Morgan fingerprint density at radius 1 is 0.895 bits per heavy atom. The van der Waals surface area contributed by atoms with E-state index in [0.29, 0.717) is 0 Å². The van der Waals surface area contributed by atoms with Gasteiger partial charge in [0, 0.05) is 0 Å². The average molecular weight is 258 g/mol. The minimum atomic E-state index is 0.950. The molecular formula is C16H24N3. The molecule has 103 valence electrons. The number of aryl methyl sites for hydroxylation is 1. The molecule has 19 heavy (non-hydrogen) atoms. The highest BCUT2D eigenvalue weighted by molar-refractivity contribution is 5.68. The predicted octanol–water partition coefficient (Wildman–Crippen LogP) is 5.40. The first kappa shape index (κ1) is 14.0. The van der Waals surface area contributed by atoms with Crippen molar-refractivity contribution < 1.29 is 0 Å². The molecule has 1 aromatic rings. The molecule has 0 unspecified atom stereocenters. The fourth-order valence-electron chi connectivity index (χ4n) is 2.60. The summed E-state index contributed by atoms with van der Waals surface area (Å²) in [6.45, 7) is 4.49. The molecule has 1 heterocycles. The van der Waals surface area contributed by atoms with Crippen LogP contribution in [0.1, 0.15) is 63.5 Å². The van der Waals surface area contributed by atoms with E-state index in [9.17, 15) is 0 Å². The van der Waals surface area contributed by atoms with Crippen LogP contribution in [0.15, 0.2) is 22.5 Å². The lowest BCUT2D eigenvalue weighted by Gasteiger charge is -2.11. The standard InChI is InChI=1S/C16H24N3/c1-3-5-7-9-13-11-12-15-16(18-19-17-15)14(13)10-8-6-4-2/h11-12H,3-10H2,1-2H3. The number of nitrogens with zero attached hydrogens (tertiary/aromatic N) is 3. The summed E-state index contributed by atoms with van der Waals surface area (Å²) in [5, 5.41) is 8.05. The van der Waals surface area contributed by atoms with Gasteiger partial charge in [-0.05, 0) is 48.1 Å². The van der Waals surface area contributed by atoms with E-state index in [1.807, 2.05) is 0 Å². The smallest absolute Gasteiger partial charge is 0.119 e. The molecule has 1 aliphatic rings. The van der Waals surface area contributed by atoms with E-state index in [-0.39, 0.29) is 0 Å². The largest absolute Gasteiger partial charge is 0.128 e.